The molecular weight excluding hydrogens is 212 g/mol. The Bertz CT molecular complexity index is 292. The lowest BCUT2D eigenvalue weighted by Gasteiger charge is -2.40. The SMILES string of the molecule is O=C1CCCCCC1N1CCN2CCCC2C1. The summed E-state index contributed by atoms with van der Waals surface area (Å²) in [7, 11) is 0. The fourth-order valence-corrected chi connectivity index (χ4v) is 3.83. The van der Waals surface area contributed by atoms with Gasteiger partial charge in [0.05, 0.1) is 6.04 Å². The second-order valence-electron chi connectivity index (χ2n) is 5.91. The molecule has 0 amide bonds. The van der Waals surface area contributed by atoms with Crippen molar-refractivity contribution in [2.75, 3.05) is 26.2 Å². The molecule has 3 fully saturated rings. The van der Waals surface area contributed by atoms with E-state index in [0.717, 1.165) is 38.4 Å². The zero-order valence-electron chi connectivity index (χ0n) is 10.7. The summed E-state index contributed by atoms with van der Waals surface area (Å²) < 4.78 is 0. The van der Waals surface area contributed by atoms with Crippen LogP contribution in [0.5, 0.6) is 0 Å². The van der Waals surface area contributed by atoms with Gasteiger partial charge in [-0.15, -0.1) is 0 Å². The third kappa shape index (κ3) is 2.41. The molecule has 3 rings (SSSR count). The van der Waals surface area contributed by atoms with Crippen molar-refractivity contribution in [3.8, 4) is 0 Å². The molecule has 0 radical (unpaired) electrons. The van der Waals surface area contributed by atoms with E-state index in [9.17, 15) is 4.79 Å². The van der Waals surface area contributed by atoms with Crippen LogP contribution in [0.1, 0.15) is 44.9 Å². The van der Waals surface area contributed by atoms with Gasteiger partial charge in [-0.2, -0.15) is 0 Å². The third-order valence-electron chi connectivity index (χ3n) is 4.83. The quantitative estimate of drug-likeness (QED) is 0.647. The summed E-state index contributed by atoms with van der Waals surface area (Å²) in [5.41, 5.74) is 0. The summed E-state index contributed by atoms with van der Waals surface area (Å²) in [6.07, 6.45) is 8.28. The Morgan fingerprint density at radius 1 is 0.882 bits per heavy atom. The number of hydrogen-bond donors (Lipinski definition) is 0. The van der Waals surface area contributed by atoms with Crippen LogP contribution in [0, 0.1) is 0 Å². The summed E-state index contributed by atoms with van der Waals surface area (Å²) in [4.78, 5) is 17.3. The predicted molar refractivity (Wildman–Crippen MR) is 68.0 cm³/mol. The van der Waals surface area contributed by atoms with Gasteiger partial charge >= 0.3 is 0 Å². The molecule has 17 heavy (non-hydrogen) atoms. The molecule has 0 bridgehead atoms. The van der Waals surface area contributed by atoms with Crippen molar-refractivity contribution in [2.24, 2.45) is 0 Å². The number of fused-ring (bicyclic) bond motifs is 1. The van der Waals surface area contributed by atoms with Gasteiger partial charge in [0.2, 0.25) is 0 Å². The van der Waals surface area contributed by atoms with Crippen molar-refractivity contribution in [1.82, 2.24) is 9.80 Å². The largest absolute Gasteiger partial charge is 0.298 e. The molecule has 2 unspecified atom stereocenters. The molecule has 0 aromatic heterocycles. The molecule has 1 aliphatic carbocycles. The highest BCUT2D eigenvalue weighted by Gasteiger charge is 2.35. The van der Waals surface area contributed by atoms with Gasteiger partial charge in [-0.05, 0) is 32.2 Å². The maximum atomic E-state index is 12.2. The minimum absolute atomic E-state index is 0.264. The van der Waals surface area contributed by atoms with Crippen molar-refractivity contribution in [1.29, 1.82) is 0 Å². The second kappa shape index (κ2) is 5.07. The zero-order chi connectivity index (χ0) is 11.7. The third-order valence-corrected chi connectivity index (χ3v) is 4.83. The van der Waals surface area contributed by atoms with Crippen molar-refractivity contribution in [3.05, 3.63) is 0 Å². The number of carbonyl (C=O) groups is 1. The van der Waals surface area contributed by atoms with Crippen LogP contribution < -0.4 is 0 Å². The Morgan fingerprint density at radius 3 is 2.71 bits per heavy atom. The summed E-state index contributed by atoms with van der Waals surface area (Å²) in [5, 5.41) is 0. The van der Waals surface area contributed by atoms with Crippen LogP contribution >= 0.6 is 0 Å². The fourth-order valence-electron chi connectivity index (χ4n) is 3.83. The molecule has 2 saturated heterocycles. The monoisotopic (exact) mass is 236 g/mol. The first-order chi connectivity index (χ1) is 8.34. The van der Waals surface area contributed by atoms with Crippen molar-refractivity contribution in [2.45, 2.75) is 57.0 Å². The molecule has 1 saturated carbocycles. The smallest absolute Gasteiger partial charge is 0.149 e. The van der Waals surface area contributed by atoms with Crippen molar-refractivity contribution < 1.29 is 4.79 Å². The van der Waals surface area contributed by atoms with Crippen LogP contribution in [-0.2, 0) is 4.79 Å². The van der Waals surface area contributed by atoms with Crippen molar-refractivity contribution in [3.63, 3.8) is 0 Å². The predicted octanol–water partition coefficient (Wildman–Crippen LogP) is 1.67. The molecule has 2 heterocycles. The highest BCUT2D eigenvalue weighted by Crippen LogP contribution is 2.26. The average Bonchev–Trinajstić information content (AvgIpc) is 2.70. The van der Waals surface area contributed by atoms with Crippen LogP contribution in [0.3, 0.4) is 0 Å². The highest BCUT2D eigenvalue weighted by molar-refractivity contribution is 5.84. The lowest BCUT2D eigenvalue weighted by Crippen LogP contribution is -2.55. The van der Waals surface area contributed by atoms with E-state index >= 15 is 0 Å². The number of piperazine rings is 1. The van der Waals surface area contributed by atoms with Crippen LogP contribution in [0.4, 0.5) is 0 Å². The van der Waals surface area contributed by atoms with Gasteiger partial charge in [0.15, 0.2) is 0 Å². The Labute approximate surface area is 104 Å². The molecule has 0 aromatic rings. The molecule has 2 atom stereocenters. The van der Waals surface area contributed by atoms with Gasteiger partial charge in [0.25, 0.3) is 0 Å². The number of ketones is 1. The lowest BCUT2D eigenvalue weighted by molar-refractivity contribution is -0.125. The van der Waals surface area contributed by atoms with Gasteiger partial charge in [-0.1, -0.05) is 12.8 Å². The van der Waals surface area contributed by atoms with Gasteiger partial charge in [-0.25, -0.2) is 0 Å². The van der Waals surface area contributed by atoms with Crippen LogP contribution in [-0.4, -0.2) is 53.8 Å². The Kier molecular flexibility index (Phi) is 3.48. The molecule has 0 aromatic carbocycles. The Hall–Kier alpha value is -0.410. The zero-order valence-corrected chi connectivity index (χ0v) is 10.7. The van der Waals surface area contributed by atoms with E-state index in [1.165, 1.54) is 38.8 Å². The summed E-state index contributed by atoms with van der Waals surface area (Å²) in [6.45, 7) is 4.74. The number of Topliss-reactive ketones (excluding diaryl/α,β-unsaturated/α-hetero) is 1. The molecular formula is C14H24N2O. The number of hydrogen-bond acceptors (Lipinski definition) is 3. The first-order valence-corrected chi connectivity index (χ1v) is 7.35. The van der Waals surface area contributed by atoms with E-state index in [2.05, 4.69) is 9.80 Å². The Morgan fingerprint density at radius 2 is 1.76 bits per heavy atom. The van der Waals surface area contributed by atoms with E-state index in [4.69, 9.17) is 0 Å². The summed E-state index contributed by atoms with van der Waals surface area (Å²) in [6, 6.07) is 1.01. The number of nitrogens with zero attached hydrogens (tertiary/aromatic N) is 2. The first-order valence-electron chi connectivity index (χ1n) is 7.35. The maximum Gasteiger partial charge on any atom is 0.149 e. The summed E-state index contributed by atoms with van der Waals surface area (Å²) in [5.74, 6) is 0.522. The number of rotatable bonds is 1. The minimum Gasteiger partial charge on any atom is -0.298 e. The highest BCUT2D eigenvalue weighted by atomic mass is 16.1. The molecule has 2 aliphatic heterocycles. The van der Waals surface area contributed by atoms with Gasteiger partial charge in [0, 0.05) is 32.1 Å². The van der Waals surface area contributed by atoms with Crippen LogP contribution in [0.15, 0.2) is 0 Å². The lowest BCUT2D eigenvalue weighted by atomic mass is 10.0. The van der Waals surface area contributed by atoms with Crippen molar-refractivity contribution >= 4 is 5.78 Å². The standard InChI is InChI=1S/C14H24N2O/c17-14-7-3-1-2-6-13(14)16-10-9-15-8-4-5-12(15)11-16/h12-13H,1-11H2. The molecule has 0 N–H and O–H groups in total. The van der Waals surface area contributed by atoms with Gasteiger partial charge in [0.1, 0.15) is 5.78 Å². The van der Waals surface area contributed by atoms with Gasteiger partial charge < -0.3 is 0 Å². The van der Waals surface area contributed by atoms with E-state index < -0.39 is 0 Å². The van der Waals surface area contributed by atoms with E-state index in [-0.39, 0.29) is 6.04 Å². The topological polar surface area (TPSA) is 23.6 Å². The Balaban J connectivity index is 1.65. The molecule has 3 aliphatic rings. The molecule has 96 valence electrons. The first kappa shape index (κ1) is 11.7. The normalized spacial score (nSPS) is 36.8. The number of carbonyl (C=O) groups excluding carboxylic acids is 1. The summed E-state index contributed by atoms with van der Waals surface area (Å²) >= 11 is 0. The van der Waals surface area contributed by atoms with Gasteiger partial charge in [-0.3, -0.25) is 14.6 Å². The van der Waals surface area contributed by atoms with E-state index in [1.807, 2.05) is 0 Å². The minimum atomic E-state index is 0.264. The van der Waals surface area contributed by atoms with Crippen LogP contribution in [0.2, 0.25) is 0 Å². The molecule has 3 nitrogen and oxygen atoms in total. The second-order valence-corrected chi connectivity index (χ2v) is 5.91. The molecule has 0 spiro atoms. The maximum absolute atomic E-state index is 12.2. The molecule has 3 heteroatoms. The average molecular weight is 236 g/mol. The van der Waals surface area contributed by atoms with Crippen LogP contribution in [0.25, 0.3) is 0 Å². The van der Waals surface area contributed by atoms with E-state index in [0.29, 0.717) is 5.78 Å². The van der Waals surface area contributed by atoms with E-state index in [1.54, 1.807) is 0 Å². The fraction of sp³-hybridized carbons (Fsp3) is 0.929.